The van der Waals surface area contributed by atoms with Gasteiger partial charge in [-0.15, -0.1) is 0 Å². The number of carboxylic acid groups (broad SMARTS) is 1. The van der Waals surface area contributed by atoms with Gasteiger partial charge in [0.25, 0.3) is 0 Å². The molecule has 0 aliphatic heterocycles. The van der Waals surface area contributed by atoms with E-state index in [2.05, 4.69) is 5.32 Å². The van der Waals surface area contributed by atoms with E-state index in [1.165, 1.54) is 0 Å². The van der Waals surface area contributed by atoms with Gasteiger partial charge in [0.2, 0.25) is 0 Å². The molecule has 6 heteroatoms. The maximum atomic E-state index is 12.3. The van der Waals surface area contributed by atoms with Crippen LogP contribution in [-0.4, -0.2) is 27.7 Å². The van der Waals surface area contributed by atoms with Gasteiger partial charge in [-0.1, -0.05) is 23.7 Å². The zero-order chi connectivity index (χ0) is 22.3. The molecule has 3 aromatic rings. The Morgan fingerprint density at radius 2 is 1.87 bits per heavy atom. The van der Waals surface area contributed by atoms with Crippen molar-refractivity contribution in [1.82, 2.24) is 4.98 Å². The van der Waals surface area contributed by atoms with Gasteiger partial charge in [-0.3, -0.25) is 0 Å². The van der Waals surface area contributed by atoms with Crippen molar-refractivity contribution >= 4 is 34.3 Å². The third-order valence-electron chi connectivity index (χ3n) is 5.26. The van der Waals surface area contributed by atoms with Crippen molar-refractivity contribution in [3.63, 3.8) is 0 Å². The van der Waals surface area contributed by atoms with Crippen LogP contribution in [0.5, 0.6) is 0 Å². The highest BCUT2D eigenvalue weighted by Gasteiger charge is 2.32. The van der Waals surface area contributed by atoms with E-state index in [0.717, 1.165) is 46.3 Å². The minimum Gasteiger partial charge on any atom is -0.479 e. The second-order valence-electron chi connectivity index (χ2n) is 9.12. The first kappa shape index (κ1) is 21.6. The van der Waals surface area contributed by atoms with Crippen molar-refractivity contribution in [2.24, 2.45) is 0 Å². The van der Waals surface area contributed by atoms with E-state index >= 15 is 0 Å². The number of carboxylic acids is 1. The van der Waals surface area contributed by atoms with Crippen LogP contribution in [0, 0.1) is 6.92 Å². The van der Waals surface area contributed by atoms with Gasteiger partial charge in [-0.05, 0) is 87.6 Å². The van der Waals surface area contributed by atoms with Crippen molar-refractivity contribution in [3.05, 3.63) is 58.6 Å². The Balaban J connectivity index is 1.96. The van der Waals surface area contributed by atoms with Crippen LogP contribution < -0.4 is 5.32 Å². The van der Waals surface area contributed by atoms with Gasteiger partial charge in [-0.25, -0.2) is 9.78 Å². The number of nitrogens with one attached hydrogen (secondary N) is 1. The van der Waals surface area contributed by atoms with Crippen LogP contribution in [0.15, 0.2) is 42.5 Å². The van der Waals surface area contributed by atoms with Crippen LogP contribution >= 0.6 is 11.6 Å². The van der Waals surface area contributed by atoms with Crippen LogP contribution in [-0.2, 0) is 9.53 Å². The predicted octanol–water partition coefficient (Wildman–Crippen LogP) is 6.38. The number of fused-ring (bicyclic) bond motifs is 1. The molecule has 1 aliphatic carbocycles. The molecule has 2 aromatic carbocycles. The van der Waals surface area contributed by atoms with Crippen LogP contribution in [0.3, 0.4) is 0 Å². The number of pyridine rings is 1. The third-order valence-corrected chi connectivity index (χ3v) is 5.51. The molecule has 31 heavy (non-hydrogen) atoms. The van der Waals surface area contributed by atoms with Crippen molar-refractivity contribution in [3.8, 4) is 11.1 Å². The molecule has 0 radical (unpaired) electrons. The molecule has 1 aromatic heterocycles. The fourth-order valence-electron chi connectivity index (χ4n) is 3.79. The van der Waals surface area contributed by atoms with Gasteiger partial charge in [-0.2, -0.15) is 0 Å². The smallest absolute Gasteiger partial charge is 0.337 e. The molecule has 4 rings (SSSR count). The first-order chi connectivity index (χ1) is 14.6. The quantitative estimate of drug-likeness (QED) is 0.467. The number of anilines is 1. The van der Waals surface area contributed by atoms with E-state index in [4.69, 9.17) is 21.3 Å². The Bertz CT molecular complexity index is 1130. The number of rotatable bonds is 6. The topological polar surface area (TPSA) is 71.5 Å². The van der Waals surface area contributed by atoms with Crippen LogP contribution in [0.1, 0.15) is 50.8 Å². The van der Waals surface area contributed by atoms with Crippen molar-refractivity contribution in [2.45, 2.75) is 58.3 Å². The SMILES string of the molecule is Cc1cc2nc(NC3CC3)ccc2c(-c2ccc(Cl)cc2)c1C(OC(C)(C)C)C(=O)O. The molecule has 1 aliphatic rings. The van der Waals surface area contributed by atoms with Gasteiger partial charge in [0.1, 0.15) is 5.82 Å². The molecule has 1 atom stereocenters. The first-order valence-corrected chi connectivity index (χ1v) is 10.9. The fourth-order valence-corrected chi connectivity index (χ4v) is 3.92. The van der Waals surface area contributed by atoms with Crippen LogP contribution in [0.4, 0.5) is 5.82 Å². The Kier molecular flexibility index (Phi) is 5.67. The number of hydrogen-bond acceptors (Lipinski definition) is 4. The van der Waals surface area contributed by atoms with E-state index in [1.807, 2.05) is 70.2 Å². The monoisotopic (exact) mass is 438 g/mol. The average Bonchev–Trinajstić information content (AvgIpc) is 3.49. The zero-order valence-electron chi connectivity index (χ0n) is 18.2. The summed E-state index contributed by atoms with van der Waals surface area (Å²) in [5.74, 6) is -0.183. The average molecular weight is 439 g/mol. The standard InChI is InChI=1S/C25H27ClN2O3/c1-14-13-19-18(11-12-20(28-19)27-17-9-10-17)22(15-5-7-16(26)8-6-15)21(14)23(24(29)30)31-25(2,3)4/h5-8,11-13,17,23H,9-10H2,1-4H3,(H,27,28)(H,29,30). The first-order valence-electron chi connectivity index (χ1n) is 10.5. The number of benzene rings is 2. The van der Waals surface area contributed by atoms with E-state index in [1.54, 1.807) is 0 Å². The molecule has 0 spiro atoms. The molecule has 0 amide bonds. The normalized spacial score (nSPS) is 15.1. The van der Waals surface area contributed by atoms with E-state index in [9.17, 15) is 9.90 Å². The number of ether oxygens (including phenoxy) is 1. The fraction of sp³-hybridized carbons (Fsp3) is 0.360. The van der Waals surface area contributed by atoms with Gasteiger partial charge in [0.15, 0.2) is 6.10 Å². The molecule has 162 valence electrons. The Labute approximate surface area is 187 Å². The summed E-state index contributed by atoms with van der Waals surface area (Å²) >= 11 is 6.12. The Morgan fingerprint density at radius 1 is 1.19 bits per heavy atom. The van der Waals surface area contributed by atoms with Gasteiger partial charge in [0.05, 0.1) is 11.1 Å². The summed E-state index contributed by atoms with van der Waals surface area (Å²) in [6, 6.07) is 13.9. The lowest BCUT2D eigenvalue weighted by Gasteiger charge is -2.28. The summed E-state index contributed by atoms with van der Waals surface area (Å²) in [6.45, 7) is 7.49. The Hall–Kier alpha value is -2.63. The number of carbonyl (C=O) groups is 1. The molecule has 1 fully saturated rings. The number of hydrogen-bond donors (Lipinski definition) is 2. The minimum absolute atomic E-state index is 0.498. The lowest BCUT2D eigenvalue weighted by Crippen LogP contribution is -2.28. The second kappa shape index (κ2) is 8.13. The molecule has 0 bridgehead atoms. The van der Waals surface area contributed by atoms with Gasteiger partial charge >= 0.3 is 5.97 Å². The third kappa shape index (κ3) is 4.83. The van der Waals surface area contributed by atoms with Crippen molar-refractivity contribution in [2.75, 3.05) is 5.32 Å². The van der Waals surface area contributed by atoms with E-state index < -0.39 is 17.7 Å². The summed E-state index contributed by atoms with van der Waals surface area (Å²) < 4.78 is 6.03. The summed E-state index contributed by atoms with van der Waals surface area (Å²) in [6.07, 6.45) is 1.22. The zero-order valence-corrected chi connectivity index (χ0v) is 19.0. The largest absolute Gasteiger partial charge is 0.479 e. The summed E-state index contributed by atoms with van der Waals surface area (Å²) in [7, 11) is 0. The highest BCUT2D eigenvalue weighted by molar-refractivity contribution is 6.30. The van der Waals surface area contributed by atoms with E-state index in [-0.39, 0.29) is 0 Å². The van der Waals surface area contributed by atoms with Crippen LogP contribution in [0.2, 0.25) is 5.02 Å². The number of aliphatic carboxylic acids is 1. The molecule has 1 unspecified atom stereocenters. The molecule has 0 saturated heterocycles. The summed E-state index contributed by atoms with van der Waals surface area (Å²) in [5, 5.41) is 15.0. The van der Waals surface area contributed by atoms with Gasteiger partial charge in [0, 0.05) is 22.0 Å². The number of aryl methyl sites for hydroxylation is 1. The summed E-state index contributed by atoms with van der Waals surface area (Å²) in [4.78, 5) is 17.1. The molecule has 1 saturated carbocycles. The number of nitrogens with zero attached hydrogens (tertiary/aromatic N) is 1. The molecule has 2 N–H and O–H groups in total. The molecular weight excluding hydrogens is 412 g/mol. The molecule has 1 heterocycles. The maximum Gasteiger partial charge on any atom is 0.337 e. The van der Waals surface area contributed by atoms with Gasteiger partial charge < -0.3 is 15.2 Å². The highest BCUT2D eigenvalue weighted by Crippen LogP contribution is 2.41. The van der Waals surface area contributed by atoms with Crippen molar-refractivity contribution < 1.29 is 14.6 Å². The van der Waals surface area contributed by atoms with Crippen LogP contribution in [0.25, 0.3) is 22.0 Å². The van der Waals surface area contributed by atoms with Crippen molar-refractivity contribution in [1.29, 1.82) is 0 Å². The second-order valence-corrected chi connectivity index (χ2v) is 9.56. The minimum atomic E-state index is -1.11. The lowest BCUT2D eigenvalue weighted by molar-refractivity contribution is -0.160. The number of aromatic nitrogens is 1. The lowest BCUT2D eigenvalue weighted by atomic mass is 9.88. The van der Waals surface area contributed by atoms with E-state index in [0.29, 0.717) is 16.6 Å². The highest BCUT2D eigenvalue weighted by atomic mass is 35.5. The summed E-state index contributed by atoms with van der Waals surface area (Å²) in [5.41, 5.74) is 3.34. The maximum absolute atomic E-state index is 12.3. The number of halogens is 1. The molecule has 5 nitrogen and oxygen atoms in total. The Morgan fingerprint density at radius 3 is 2.45 bits per heavy atom. The molecular formula is C25H27ClN2O3. The predicted molar refractivity (Wildman–Crippen MR) is 125 cm³/mol.